The van der Waals surface area contributed by atoms with E-state index in [1.807, 2.05) is 19.3 Å². The van der Waals surface area contributed by atoms with Crippen LogP contribution < -0.4 is 4.74 Å². The van der Waals surface area contributed by atoms with E-state index in [9.17, 15) is 0 Å². The second-order valence-corrected chi connectivity index (χ2v) is 4.83. The predicted molar refractivity (Wildman–Crippen MR) is 73.1 cm³/mol. The average Bonchev–Trinajstić information content (AvgIpc) is 2.75. The molecule has 0 radical (unpaired) electrons. The summed E-state index contributed by atoms with van der Waals surface area (Å²) < 4.78 is 7.55. The summed E-state index contributed by atoms with van der Waals surface area (Å²) in [6.45, 7) is 7.25. The highest BCUT2D eigenvalue weighted by Gasteiger charge is 2.09. The number of aromatic nitrogens is 2. The molecule has 0 aliphatic heterocycles. The fraction of sp³-hybridized carbons (Fsp3) is 0.400. The first-order chi connectivity index (χ1) is 8.61. The number of aryl methyl sites for hydroxylation is 1. The van der Waals surface area contributed by atoms with E-state index in [0.717, 1.165) is 18.1 Å². The third-order valence-corrected chi connectivity index (χ3v) is 3.19. The molecule has 0 amide bonds. The number of hydrogen-bond donors (Lipinski definition) is 0. The van der Waals surface area contributed by atoms with Crippen LogP contribution in [0.4, 0.5) is 0 Å². The van der Waals surface area contributed by atoms with Gasteiger partial charge in [-0.15, -0.1) is 0 Å². The molecular weight excluding hydrogens is 224 g/mol. The molecule has 18 heavy (non-hydrogen) atoms. The predicted octanol–water partition coefficient (Wildman–Crippen LogP) is 3.37. The van der Waals surface area contributed by atoms with Crippen molar-refractivity contribution in [2.75, 3.05) is 7.11 Å². The highest BCUT2D eigenvalue weighted by Crippen LogP contribution is 2.27. The van der Waals surface area contributed by atoms with Crippen LogP contribution in [0.1, 0.15) is 36.7 Å². The SMILES string of the molecule is COc1ccc(Cn2ccnc2C)cc1C(C)C. The summed E-state index contributed by atoms with van der Waals surface area (Å²) in [5, 5.41) is 0. The lowest BCUT2D eigenvalue weighted by Gasteiger charge is -2.14. The van der Waals surface area contributed by atoms with Crippen molar-refractivity contribution in [3.05, 3.63) is 47.5 Å². The van der Waals surface area contributed by atoms with Crippen molar-refractivity contribution in [1.82, 2.24) is 9.55 Å². The maximum atomic E-state index is 5.40. The van der Waals surface area contributed by atoms with E-state index in [2.05, 4.69) is 41.6 Å². The smallest absolute Gasteiger partial charge is 0.122 e. The standard InChI is InChI=1S/C15H20N2O/c1-11(2)14-9-13(5-6-15(14)18-4)10-17-8-7-16-12(17)3/h5-9,11H,10H2,1-4H3. The van der Waals surface area contributed by atoms with Crippen LogP contribution in [-0.2, 0) is 6.54 Å². The first-order valence-corrected chi connectivity index (χ1v) is 6.26. The molecule has 0 bridgehead atoms. The zero-order chi connectivity index (χ0) is 13.1. The molecule has 2 aromatic rings. The minimum absolute atomic E-state index is 0.462. The highest BCUT2D eigenvalue weighted by molar-refractivity contribution is 5.39. The van der Waals surface area contributed by atoms with Crippen LogP contribution in [0.2, 0.25) is 0 Å². The van der Waals surface area contributed by atoms with Gasteiger partial charge in [0.1, 0.15) is 11.6 Å². The number of benzene rings is 1. The number of imidazole rings is 1. The third kappa shape index (κ3) is 2.55. The Morgan fingerprint density at radius 3 is 2.67 bits per heavy atom. The van der Waals surface area contributed by atoms with E-state index in [1.165, 1.54) is 11.1 Å². The summed E-state index contributed by atoms with van der Waals surface area (Å²) in [5.41, 5.74) is 2.54. The number of ether oxygens (including phenoxy) is 1. The largest absolute Gasteiger partial charge is 0.496 e. The summed E-state index contributed by atoms with van der Waals surface area (Å²) in [6, 6.07) is 6.39. The van der Waals surface area contributed by atoms with E-state index >= 15 is 0 Å². The Labute approximate surface area is 108 Å². The van der Waals surface area contributed by atoms with Crippen molar-refractivity contribution in [2.24, 2.45) is 0 Å². The molecule has 1 heterocycles. The van der Waals surface area contributed by atoms with Gasteiger partial charge in [0, 0.05) is 18.9 Å². The third-order valence-electron chi connectivity index (χ3n) is 3.19. The number of rotatable bonds is 4. The van der Waals surface area contributed by atoms with Crippen LogP contribution in [0.3, 0.4) is 0 Å². The molecule has 0 spiro atoms. The highest BCUT2D eigenvalue weighted by atomic mass is 16.5. The van der Waals surface area contributed by atoms with Crippen LogP contribution in [-0.4, -0.2) is 16.7 Å². The molecule has 0 aliphatic carbocycles. The molecule has 0 fully saturated rings. The second kappa shape index (κ2) is 5.25. The normalized spacial score (nSPS) is 10.9. The minimum Gasteiger partial charge on any atom is -0.496 e. The zero-order valence-electron chi connectivity index (χ0n) is 11.5. The van der Waals surface area contributed by atoms with Crippen molar-refractivity contribution >= 4 is 0 Å². The van der Waals surface area contributed by atoms with Gasteiger partial charge >= 0.3 is 0 Å². The topological polar surface area (TPSA) is 27.1 Å². The summed E-state index contributed by atoms with van der Waals surface area (Å²) in [7, 11) is 1.72. The van der Waals surface area contributed by atoms with Crippen LogP contribution in [0, 0.1) is 6.92 Å². The van der Waals surface area contributed by atoms with Gasteiger partial charge in [0.2, 0.25) is 0 Å². The van der Waals surface area contributed by atoms with Crippen LogP contribution in [0.15, 0.2) is 30.6 Å². The molecule has 0 saturated heterocycles. The average molecular weight is 244 g/mol. The van der Waals surface area contributed by atoms with E-state index in [1.54, 1.807) is 7.11 Å². The molecule has 0 unspecified atom stereocenters. The lowest BCUT2D eigenvalue weighted by atomic mass is 9.99. The first-order valence-electron chi connectivity index (χ1n) is 6.26. The Morgan fingerprint density at radius 2 is 2.11 bits per heavy atom. The van der Waals surface area contributed by atoms with Crippen LogP contribution >= 0.6 is 0 Å². The van der Waals surface area contributed by atoms with Gasteiger partial charge in [0.25, 0.3) is 0 Å². The monoisotopic (exact) mass is 244 g/mol. The molecule has 0 atom stereocenters. The fourth-order valence-electron chi connectivity index (χ4n) is 2.10. The van der Waals surface area contributed by atoms with E-state index in [-0.39, 0.29) is 0 Å². The van der Waals surface area contributed by atoms with Gasteiger partial charge in [-0.25, -0.2) is 4.98 Å². The number of methoxy groups -OCH3 is 1. The molecule has 1 aromatic carbocycles. The van der Waals surface area contributed by atoms with Crippen molar-refractivity contribution in [3.63, 3.8) is 0 Å². The first kappa shape index (κ1) is 12.7. The van der Waals surface area contributed by atoms with Crippen molar-refractivity contribution < 1.29 is 4.74 Å². The molecule has 0 N–H and O–H groups in total. The zero-order valence-corrected chi connectivity index (χ0v) is 11.5. The van der Waals surface area contributed by atoms with E-state index < -0.39 is 0 Å². The van der Waals surface area contributed by atoms with Gasteiger partial charge in [-0.05, 0) is 30.0 Å². The number of nitrogens with zero attached hydrogens (tertiary/aromatic N) is 2. The van der Waals surface area contributed by atoms with Gasteiger partial charge in [0.05, 0.1) is 7.11 Å². The molecule has 3 heteroatoms. The Hall–Kier alpha value is -1.77. The molecule has 2 rings (SSSR count). The van der Waals surface area contributed by atoms with Gasteiger partial charge < -0.3 is 9.30 Å². The summed E-state index contributed by atoms with van der Waals surface area (Å²) in [5.74, 6) is 2.47. The molecule has 0 saturated carbocycles. The molecule has 96 valence electrons. The Kier molecular flexibility index (Phi) is 3.70. The lowest BCUT2D eigenvalue weighted by Crippen LogP contribution is -2.02. The minimum atomic E-state index is 0.462. The molecule has 0 aliphatic rings. The van der Waals surface area contributed by atoms with Gasteiger partial charge in [-0.1, -0.05) is 26.0 Å². The van der Waals surface area contributed by atoms with Gasteiger partial charge in [-0.3, -0.25) is 0 Å². The Bertz CT molecular complexity index is 529. The van der Waals surface area contributed by atoms with Crippen molar-refractivity contribution in [1.29, 1.82) is 0 Å². The van der Waals surface area contributed by atoms with E-state index in [0.29, 0.717) is 5.92 Å². The van der Waals surface area contributed by atoms with E-state index in [4.69, 9.17) is 4.74 Å². The quantitative estimate of drug-likeness (QED) is 0.824. The molecular formula is C15H20N2O. The van der Waals surface area contributed by atoms with Crippen molar-refractivity contribution in [3.8, 4) is 5.75 Å². The Morgan fingerprint density at radius 1 is 1.33 bits per heavy atom. The summed E-state index contributed by atoms with van der Waals surface area (Å²) in [4.78, 5) is 4.24. The lowest BCUT2D eigenvalue weighted by molar-refractivity contribution is 0.407. The van der Waals surface area contributed by atoms with Crippen LogP contribution in [0.25, 0.3) is 0 Å². The molecule has 1 aromatic heterocycles. The van der Waals surface area contributed by atoms with Crippen molar-refractivity contribution in [2.45, 2.75) is 33.2 Å². The maximum absolute atomic E-state index is 5.40. The molecule has 3 nitrogen and oxygen atoms in total. The fourth-order valence-corrected chi connectivity index (χ4v) is 2.10. The number of hydrogen-bond acceptors (Lipinski definition) is 2. The summed E-state index contributed by atoms with van der Waals surface area (Å²) in [6.07, 6.45) is 3.84. The maximum Gasteiger partial charge on any atom is 0.122 e. The van der Waals surface area contributed by atoms with Gasteiger partial charge in [0.15, 0.2) is 0 Å². The summed E-state index contributed by atoms with van der Waals surface area (Å²) >= 11 is 0. The Balaban J connectivity index is 2.30. The second-order valence-electron chi connectivity index (χ2n) is 4.83. The van der Waals surface area contributed by atoms with Crippen LogP contribution in [0.5, 0.6) is 5.75 Å². The van der Waals surface area contributed by atoms with Gasteiger partial charge in [-0.2, -0.15) is 0 Å².